The van der Waals surface area contributed by atoms with Crippen LogP contribution in [0, 0.1) is 0 Å². The Hall–Kier alpha value is -2.40. The first-order valence-corrected chi connectivity index (χ1v) is 7.15. The van der Waals surface area contributed by atoms with Gasteiger partial charge < -0.3 is 9.88 Å². The van der Waals surface area contributed by atoms with Crippen molar-refractivity contribution in [2.24, 2.45) is 0 Å². The lowest BCUT2D eigenvalue weighted by atomic mass is 10.2. The highest BCUT2D eigenvalue weighted by Crippen LogP contribution is 2.10. The molecule has 0 aliphatic rings. The molecule has 0 radical (unpaired) electrons. The summed E-state index contributed by atoms with van der Waals surface area (Å²) >= 11 is 1.52. The number of imidazole rings is 1. The van der Waals surface area contributed by atoms with Gasteiger partial charge in [0.1, 0.15) is 0 Å². The van der Waals surface area contributed by atoms with Gasteiger partial charge in [-0.15, -0.1) is 0 Å². The lowest BCUT2D eigenvalue weighted by Crippen LogP contribution is -2.22. The van der Waals surface area contributed by atoms with Gasteiger partial charge in [0.2, 0.25) is 0 Å². The van der Waals surface area contributed by atoms with Gasteiger partial charge in [0, 0.05) is 35.6 Å². The van der Waals surface area contributed by atoms with Crippen LogP contribution in [0.2, 0.25) is 0 Å². The van der Waals surface area contributed by atoms with E-state index < -0.39 is 0 Å². The zero-order chi connectivity index (χ0) is 13.8. The fourth-order valence-corrected chi connectivity index (χ4v) is 2.51. The Bertz CT molecular complexity index is 673. The van der Waals surface area contributed by atoms with Crippen LogP contribution in [-0.2, 0) is 6.54 Å². The minimum Gasteiger partial charge on any atom is -0.348 e. The van der Waals surface area contributed by atoms with Gasteiger partial charge in [-0.1, -0.05) is 12.1 Å². The SMILES string of the molecule is O=C(NCc1ccc(-n2ccnc2)cc1)c1ccsc1. The van der Waals surface area contributed by atoms with E-state index in [2.05, 4.69) is 10.3 Å². The second-order valence-corrected chi connectivity index (χ2v) is 5.11. The Morgan fingerprint density at radius 1 is 1.25 bits per heavy atom. The standard InChI is InChI=1S/C15H13N3OS/c19-15(13-5-8-20-10-13)17-9-12-1-3-14(4-2-12)18-7-6-16-11-18/h1-8,10-11H,9H2,(H,17,19). The van der Waals surface area contributed by atoms with Crippen LogP contribution in [0.15, 0.2) is 59.8 Å². The van der Waals surface area contributed by atoms with E-state index in [0.717, 1.165) is 11.3 Å². The predicted octanol–water partition coefficient (Wildman–Crippen LogP) is 2.86. The summed E-state index contributed by atoms with van der Waals surface area (Å²) < 4.78 is 1.94. The Balaban J connectivity index is 1.63. The molecule has 0 spiro atoms. The van der Waals surface area contributed by atoms with E-state index in [1.807, 2.05) is 51.9 Å². The van der Waals surface area contributed by atoms with E-state index >= 15 is 0 Å². The predicted molar refractivity (Wildman–Crippen MR) is 79.1 cm³/mol. The zero-order valence-corrected chi connectivity index (χ0v) is 11.5. The van der Waals surface area contributed by atoms with Crippen LogP contribution >= 0.6 is 11.3 Å². The van der Waals surface area contributed by atoms with E-state index in [-0.39, 0.29) is 5.91 Å². The van der Waals surface area contributed by atoms with Gasteiger partial charge in [0.05, 0.1) is 6.33 Å². The minimum atomic E-state index is -0.0371. The van der Waals surface area contributed by atoms with Crippen LogP contribution in [0.5, 0.6) is 0 Å². The van der Waals surface area contributed by atoms with Crippen molar-refractivity contribution in [3.63, 3.8) is 0 Å². The van der Waals surface area contributed by atoms with Gasteiger partial charge in [-0.3, -0.25) is 4.79 Å². The molecular weight excluding hydrogens is 270 g/mol. The molecule has 2 aromatic heterocycles. The Morgan fingerprint density at radius 2 is 2.10 bits per heavy atom. The first-order valence-electron chi connectivity index (χ1n) is 6.20. The molecule has 0 aliphatic heterocycles. The van der Waals surface area contributed by atoms with Crippen LogP contribution < -0.4 is 5.32 Å². The average molecular weight is 283 g/mol. The van der Waals surface area contributed by atoms with Crippen molar-refractivity contribution in [2.75, 3.05) is 0 Å². The zero-order valence-electron chi connectivity index (χ0n) is 10.7. The van der Waals surface area contributed by atoms with Gasteiger partial charge in [-0.05, 0) is 29.1 Å². The maximum absolute atomic E-state index is 11.8. The summed E-state index contributed by atoms with van der Waals surface area (Å²) in [4.78, 5) is 15.8. The fraction of sp³-hybridized carbons (Fsp3) is 0.0667. The van der Waals surface area contributed by atoms with Gasteiger partial charge in [0.25, 0.3) is 5.91 Å². The van der Waals surface area contributed by atoms with Crippen molar-refractivity contribution in [2.45, 2.75) is 6.54 Å². The molecule has 0 saturated carbocycles. The summed E-state index contributed by atoms with van der Waals surface area (Å²) in [7, 11) is 0. The Labute approximate surface area is 120 Å². The van der Waals surface area contributed by atoms with Crippen LogP contribution in [-0.4, -0.2) is 15.5 Å². The molecule has 1 amide bonds. The van der Waals surface area contributed by atoms with Crippen molar-refractivity contribution in [3.05, 3.63) is 70.9 Å². The van der Waals surface area contributed by atoms with Crippen LogP contribution in [0.4, 0.5) is 0 Å². The Kier molecular flexibility index (Phi) is 3.60. The van der Waals surface area contributed by atoms with E-state index in [4.69, 9.17) is 0 Å². The molecule has 1 N–H and O–H groups in total. The largest absolute Gasteiger partial charge is 0.348 e. The third-order valence-corrected chi connectivity index (χ3v) is 3.66. The van der Waals surface area contributed by atoms with Crippen molar-refractivity contribution in [1.82, 2.24) is 14.9 Å². The number of benzene rings is 1. The molecule has 0 atom stereocenters. The lowest BCUT2D eigenvalue weighted by molar-refractivity contribution is 0.0951. The molecule has 3 aromatic rings. The monoisotopic (exact) mass is 283 g/mol. The summed E-state index contributed by atoms with van der Waals surface area (Å²) in [5.41, 5.74) is 2.83. The van der Waals surface area contributed by atoms with Crippen molar-refractivity contribution >= 4 is 17.2 Å². The van der Waals surface area contributed by atoms with Crippen LogP contribution in [0.1, 0.15) is 15.9 Å². The highest BCUT2D eigenvalue weighted by atomic mass is 32.1. The molecule has 5 heteroatoms. The number of nitrogens with one attached hydrogen (secondary N) is 1. The maximum Gasteiger partial charge on any atom is 0.252 e. The van der Waals surface area contributed by atoms with Crippen molar-refractivity contribution in [1.29, 1.82) is 0 Å². The summed E-state index contributed by atoms with van der Waals surface area (Å²) in [6, 6.07) is 9.84. The summed E-state index contributed by atoms with van der Waals surface area (Å²) in [5.74, 6) is -0.0371. The molecule has 1 aromatic carbocycles. The van der Waals surface area contributed by atoms with Crippen LogP contribution in [0.3, 0.4) is 0 Å². The average Bonchev–Trinajstić information content (AvgIpc) is 3.18. The molecule has 20 heavy (non-hydrogen) atoms. The molecule has 100 valence electrons. The van der Waals surface area contributed by atoms with E-state index in [9.17, 15) is 4.79 Å². The maximum atomic E-state index is 11.8. The molecule has 0 fully saturated rings. The van der Waals surface area contributed by atoms with E-state index in [0.29, 0.717) is 12.1 Å². The minimum absolute atomic E-state index is 0.0371. The molecule has 2 heterocycles. The van der Waals surface area contributed by atoms with Crippen molar-refractivity contribution in [3.8, 4) is 5.69 Å². The van der Waals surface area contributed by atoms with Gasteiger partial charge >= 0.3 is 0 Å². The molecule has 0 saturated heterocycles. The number of nitrogens with zero attached hydrogens (tertiary/aromatic N) is 2. The number of thiophene rings is 1. The summed E-state index contributed by atoms with van der Waals surface area (Å²) in [5, 5.41) is 6.65. The highest BCUT2D eigenvalue weighted by Gasteiger charge is 2.05. The molecule has 0 aliphatic carbocycles. The molecule has 0 bridgehead atoms. The topological polar surface area (TPSA) is 46.9 Å². The van der Waals surface area contributed by atoms with Gasteiger partial charge in [-0.2, -0.15) is 11.3 Å². The number of aromatic nitrogens is 2. The smallest absolute Gasteiger partial charge is 0.252 e. The molecule has 3 rings (SSSR count). The van der Waals surface area contributed by atoms with E-state index in [1.165, 1.54) is 11.3 Å². The van der Waals surface area contributed by atoms with Crippen molar-refractivity contribution < 1.29 is 4.79 Å². The Morgan fingerprint density at radius 3 is 2.75 bits per heavy atom. The molecule has 0 unspecified atom stereocenters. The third-order valence-electron chi connectivity index (χ3n) is 2.98. The number of carbonyl (C=O) groups is 1. The van der Waals surface area contributed by atoms with E-state index in [1.54, 1.807) is 12.5 Å². The number of hydrogen-bond donors (Lipinski definition) is 1. The second-order valence-electron chi connectivity index (χ2n) is 4.33. The molecule has 4 nitrogen and oxygen atoms in total. The third kappa shape index (κ3) is 2.78. The van der Waals surface area contributed by atoms with Gasteiger partial charge in [0.15, 0.2) is 0 Å². The number of amides is 1. The number of rotatable bonds is 4. The normalized spacial score (nSPS) is 10.4. The first-order chi connectivity index (χ1) is 9.83. The summed E-state index contributed by atoms with van der Waals surface area (Å²) in [6.45, 7) is 0.527. The van der Waals surface area contributed by atoms with Crippen LogP contribution in [0.25, 0.3) is 5.69 Å². The van der Waals surface area contributed by atoms with Gasteiger partial charge in [-0.25, -0.2) is 4.98 Å². The fourth-order valence-electron chi connectivity index (χ4n) is 1.88. The molecular formula is C15H13N3OS. The lowest BCUT2D eigenvalue weighted by Gasteiger charge is -2.06. The number of hydrogen-bond acceptors (Lipinski definition) is 3. The highest BCUT2D eigenvalue weighted by molar-refractivity contribution is 7.08. The second kappa shape index (κ2) is 5.71. The first kappa shape index (κ1) is 12.6. The number of carbonyl (C=O) groups excluding carboxylic acids is 1. The summed E-state index contributed by atoms with van der Waals surface area (Å²) in [6.07, 6.45) is 5.40. The quantitative estimate of drug-likeness (QED) is 0.800.